The number of aliphatic hydroxyl groups is 2. The topological polar surface area (TPSA) is 112 Å². The largest absolute Gasteiger partial charge is 0.484 e. The highest BCUT2D eigenvalue weighted by Crippen LogP contribution is 2.56. The van der Waals surface area contributed by atoms with Crippen molar-refractivity contribution in [3.63, 3.8) is 0 Å². The Morgan fingerprint density at radius 2 is 1.72 bits per heavy atom. The third kappa shape index (κ3) is 2.73. The molecule has 32 heavy (non-hydrogen) atoms. The molecule has 8 heteroatoms. The Morgan fingerprint density at radius 1 is 1.06 bits per heavy atom. The molecule has 2 aliphatic heterocycles. The summed E-state index contributed by atoms with van der Waals surface area (Å²) in [5.74, 6) is -0.800. The predicted octanol–water partition coefficient (Wildman–Crippen LogP) is 1.47. The minimum atomic E-state index is -1.51. The zero-order valence-electron chi connectivity index (χ0n) is 17.8. The molecule has 0 radical (unpaired) electrons. The molecule has 2 heterocycles. The number of methoxy groups -OCH3 is 2. The van der Waals surface area contributed by atoms with Crippen molar-refractivity contribution in [2.24, 2.45) is 5.41 Å². The summed E-state index contributed by atoms with van der Waals surface area (Å²) < 4.78 is 22.1. The number of rotatable bonds is 4. The molecule has 2 aromatic rings. The van der Waals surface area contributed by atoms with Gasteiger partial charge in [0.25, 0.3) is 0 Å². The average molecular weight is 440 g/mol. The lowest BCUT2D eigenvalue weighted by molar-refractivity contribution is -0.168. The lowest BCUT2D eigenvalue weighted by atomic mass is 9.84. The summed E-state index contributed by atoms with van der Waals surface area (Å²) >= 11 is 0. The number of hydrogen-bond donors (Lipinski definition) is 2. The summed E-state index contributed by atoms with van der Waals surface area (Å²) in [5.41, 5.74) is 3.19. The predicted molar refractivity (Wildman–Crippen MR) is 111 cm³/mol. The number of carbonyl (C=O) groups excluding carboxylic acids is 2. The molecule has 0 bridgehead atoms. The third-order valence-corrected chi connectivity index (χ3v) is 6.83. The standard InChI is InChI=1S/C24H24O8/c1-29-22(27)24(23(28)30-2)8-13-14(9-24)17(12-6-4-3-5-7-12)20-18-15(13)11-31-21(18)19(26)16(10-25)32-20/h3-7,16,19,21,25-26H,8-11H2,1-2H3/t16-,19-,21-/m1/s1. The quantitative estimate of drug-likeness (QED) is 0.543. The molecular weight excluding hydrogens is 416 g/mol. The molecule has 0 saturated heterocycles. The Hall–Kier alpha value is -2.94. The van der Waals surface area contributed by atoms with Crippen LogP contribution in [0.25, 0.3) is 11.1 Å². The van der Waals surface area contributed by atoms with E-state index < -0.39 is 35.7 Å². The van der Waals surface area contributed by atoms with Crippen molar-refractivity contribution in [1.29, 1.82) is 0 Å². The number of fused-ring (bicyclic) bond motifs is 2. The second kappa shape index (κ2) is 7.58. The van der Waals surface area contributed by atoms with Gasteiger partial charge in [0.05, 0.1) is 27.4 Å². The molecule has 0 aromatic heterocycles. The Bertz CT molecular complexity index is 1080. The van der Waals surface area contributed by atoms with Gasteiger partial charge in [-0.2, -0.15) is 0 Å². The molecule has 2 aromatic carbocycles. The van der Waals surface area contributed by atoms with Crippen LogP contribution >= 0.6 is 0 Å². The van der Waals surface area contributed by atoms with Crippen molar-refractivity contribution >= 4 is 11.9 Å². The van der Waals surface area contributed by atoms with Gasteiger partial charge in [-0.1, -0.05) is 30.3 Å². The van der Waals surface area contributed by atoms with Gasteiger partial charge in [0.15, 0.2) is 11.5 Å². The van der Waals surface area contributed by atoms with E-state index >= 15 is 0 Å². The van der Waals surface area contributed by atoms with E-state index in [9.17, 15) is 19.8 Å². The zero-order valence-corrected chi connectivity index (χ0v) is 17.8. The highest BCUT2D eigenvalue weighted by atomic mass is 16.6. The van der Waals surface area contributed by atoms with Crippen molar-refractivity contribution < 1.29 is 38.7 Å². The number of carbonyl (C=O) groups is 2. The summed E-state index contributed by atoms with van der Waals surface area (Å²) in [6.45, 7) is -0.170. The second-order valence-electron chi connectivity index (χ2n) is 8.40. The lowest BCUT2D eigenvalue weighted by Crippen LogP contribution is -2.43. The van der Waals surface area contributed by atoms with Gasteiger partial charge in [-0.15, -0.1) is 0 Å². The molecule has 0 saturated carbocycles. The molecule has 3 aliphatic rings. The molecule has 3 atom stereocenters. The van der Waals surface area contributed by atoms with Crippen molar-refractivity contribution in [3.8, 4) is 16.9 Å². The van der Waals surface area contributed by atoms with E-state index in [1.807, 2.05) is 30.3 Å². The molecule has 2 N–H and O–H groups in total. The van der Waals surface area contributed by atoms with Gasteiger partial charge in [0.2, 0.25) is 0 Å². The fourth-order valence-electron chi connectivity index (χ4n) is 5.33. The molecule has 0 spiro atoms. The first-order chi connectivity index (χ1) is 15.5. The van der Waals surface area contributed by atoms with Crippen molar-refractivity contribution in [3.05, 3.63) is 52.6 Å². The van der Waals surface area contributed by atoms with E-state index in [0.717, 1.165) is 27.8 Å². The van der Waals surface area contributed by atoms with Gasteiger partial charge in [0.1, 0.15) is 18.0 Å². The maximum Gasteiger partial charge on any atom is 0.323 e. The molecule has 168 valence electrons. The van der Waals surface area contributed by atoms with Crippen LogP contribution in [0.3, 0.4) is 0 Å². The molecule has 8 nitrogen and oxygen atoms in total. The van der Waals surface area contributed by atoms with Crippen LogP contribution in [0.1, 0.15) is 28.4 Å². The first-order valence-corrected chi connectivity index (χ1v) is 10.5. The normalized spacial score (nSPS) is 24.3. The maximum atomic E-state index is 12.9. The molecular formula is C24H24O8. The lowest BCUT2D eigenvalue weighted by Gasteiger charge is -2.35. The van der Waals surface area contributed by atoms with E-state index in [-0.39, 0.29) is 26.1 Å². The Labute approximate surface area is 184 Å². The fourth-order valence-corrected chi connectivity index (χ4v) is 5.33. The molecule has 1 aliphatic carbocycles. The van der Waals surface area contributed by atoms with Gasteiger partial charge in [-0.25, -0.2) is 0 Å². The van der Waals surface area contributed by atoms with Crippen LogP contribution in [-0.2, 0) is 43.2 Å². The van der Waals surface area contributed by atoms with Crippen LogP contribution in [0.5, 0.6) is 5.75 Å². The van der Waals surface area contributed by atoms with E-state index in [2.05, 4.69) is 0 Å². The van der Waals surface area contributed by atoms with Crippen molar-refractivity contribution in [2.45, 2.75) is 37.8 Å². The number of benzene rings is 2. The SMILES string of the molecule is COC(=O)C1(C(=O)OC)Cc2c(c(-c3ccccc3)c3c4c2CO[C@H]4[C@H](O)[C@@H](CO)O3)C1. The molecule has 0 amide bonds. The molecule has 5 rings (SSSR count). The number of ether oxygens (including phenoxy) is 4. The number of aliphatic hydroxyl groups excluding tert-OH is 2. The monoisotopic (exact) mass is 440 g/mol. The van der Waals surface area contributed by atoms with E-state index in [1.54, 1.807) is 0 Å². The van der Waals surface area contributed by atoms with Crippen LogP contribution in [-0.4, -0.2) is 55.2 Å². The van der Waals surface area contributed by atoms with Crippen LogP contribution < -0.4 is 4.74 Å². The summed E-state index contributed by atoms with van der Waals surface area (Å²) in [6.07, 6.45) is -2.36. The highest BCUT2D eigenvalue weighted by Gasteiger charge is 2.56. The highest BCUT2D eigenvalue weighted by molar-refractivity contribution is 6.02. The summed E-state index contributed by atoms with van der Waals surface area (Å²) in [6, 6.07) is 9.51. The maximum absolute atomic E-state index is 12.9. The Balaban J connectivity index is 1.80. The third-order valence-electron chi connectivity index (χ3n) is 6.83. The number of hydrogen-bond acceptors (Lipinski definition) is 8. The van der Waals surface area contributed by atoms with E-state index in [1.165, 1.54) is 14.2 Å². The smallest absolute Gasteiger partial charge is 0.323 e. The molecule has 0 unspecified atom stereocenters. The minimum absolute atomic E-state index is 0.0898. The second-order valence-corrected chi connectivity index (χ2v) is 8.40. The Morgan fingerprint density at radius 3 is 2.34 bits per heavy atom. The van der Waals surface area contributed by atoms with Gasteiger partial charge in [-0.3, -0.25) is 9.59 Å². The van der Waals surface area contributed by atoms with Gasteiger partial charge >= 0.3 is 11.9 Å². The van der Waals surface area contributed by atoms with Crippen LogP contribution in [0.15, 0.2) is 30.3 Å². The summed E-state index contributed by atoms with van der Waals surface area (Å²) in [7, 11) is 2.51. The summed E-state index contributed by atoms with van der Waals surface area (Å²) in [4.78, 5) is 25.8. The van der Waals surface area contributed by atoms with Crippen LogP contribution in [0, 0.1) is 5.41 Å². The summed E-state index contributed by atoms with van der Waals surface area (Å²) in [5, 5.41) is 20.5. The van der Waals surface area contributed by atoms with E-state index in [4.69, 9.17) is 18.9 Å². The average Bonchev–Trinajstić information content (AvgIpc) is 3.44. The zero-order chi connectivity index (χ0) is 22.6. The Kier molecular flexibility index (Phi) is 4.96. The van der Waals surface area contributed by atoms with Gasteiger partial charge in [-0.05, 0) is 22.3 Å². The first kappa shape index (κ1) is 20.9. The fraction of sp³-hybridized carbons (Fsp3) is 0.417. The van der Waals surface area contributed by atoms with Crippen LogP contribution in [0.4, 0.5) is 0 Å². The number of esters is 2. The van der Waals surface area contributed by atoms with Gasteiger partial charge in [0, 0.05) is 24.0 Å². The van der Waals surface area contributed by atoms with Crippen LogP contribution in [0.2, 0.25) is 0 Å². The first-order valence-electron chi connectivity index (χ1n) is 10.5. The molecule has 0 fully saturated rings. The van der Waals surface area contributed by atoms with E-state index in [0.29, 0.717) is 11.3 Å². The van der Waals surface area contributed by atoms with Gasteiger partial charge < -0.3 is 29.2 Å². The van der Waals surface area contributed by atoms with Crippen molar-refractivity contribution in [2.75, 3.05) is 20.8 Å². The van der Waals surface area contributed by atoms with Crippen molar-refractivity contribution in [1.82, 2.24) is 0 Å². The minimum Gasteiger partial charge on any atom is -0.484 e.